The number of aromatic nitrogens is 1. The molecule has 2 N–H and O–H groups in total. The third-order valence-electron chi connectivity index (χ3n) is 2.88. The van der Waals surface area contributed by atoms with Crippen LogP contribution in [0.3, 0.4) is 0 Å². The Balaban J connectivity index is 2.23. The zero-order valence-electron chi connectivity index (χ0n) is 11.0. The fourth-order valence-corrected chi connectivity index (χ4v) is 2.94. The molecular weight excluding hydrogens is 263 g/mol. The predicted octanol–water partition coefficient (Wildman–Crippen LogP) is 3.69. The first-order chi connectivity index (χ1) is 9.10. The molecule has 0 aliphatic heterocycles. The van der Waals surface area contributed by atoms with Crippen molar-refractivity contribution in [3.63, 3.8) is 0 Å². The van der Waals surface area contributed by atoms with E-state index in [1.807, 2.05) is 13.8 Å². The Labute approximate surface area is 116 Å². The number of rotatable bonds is 5. The van der Waals surface area contributed by atoms with Crippen molar-refractivity contribution in [2.24, 2.45) is 5.73 Å². The van der Waals surface area contributed by atoms with Crippen molar-refractivity contribution in [2.75, 3.05) is 0 Å². The molecular formula is C14H17FN2OS. The van der Waals surface area contributed by atoms with Crippen molar-refractivity contribution in [3.05, 3.63) is 47.6 Å². The van der Waals surface area contributed by atoms with Crippen molar-refractivity contribution in [1.82, 2.24) is 4.98 Å². The van der Waals surface area contributed by atoms with Crippen LogP contribution in [0.5, 0.6) is 0 Å². The van der Waals surface area contributed by atoms with E-state index in [1.165, 1.54) is 23.9 Å². The van der Waals surface area contributed by atoms with Gasteiger partial charge in [-0.2, -0.15) is 0 Å². The maximum Gasteiger partial charge on any atom is 0.256 e. The summed E-state index contributed by atoms with van der Waals surface area (Å²) in [6, 6.07) is 6.39. The first kappa shape index (κ1) is 14.1. The Morgan fingerprint density at radius 1 is 1.37 bits per heavy atom. The van der Waals surface area contributed by atoms with E-state index in [4.69, 9.17) is 10.2 Å². The molecule has 0 saturated heterocycles. The third kappa shape index (κ3) is 3.58. The summed E-state index contributed by atoms with van der Waals surface area (Å²) in [7, 11) is 0. The summed E-state index contributed by atoms with van der Waals surface area (Å²) >= 11 is 1.48. The minimum absolute atomic E-state index is 0.00338. The van der Waals surface area contributed by atoms with Crippen LogP contribution in [-0.4, -0.2) is 11.0 Å². The average Bonchev–Trinajstić information content (AvgIpc) is 2.82. The molecule has 2 atom stereocenters. The number of hydrogen-bond donors (Lipinski definition) is 1. The maximum atomic E-state index is 13.0. The number of thioether (sulfide) groups is 1. The van der Waals surface area contributed by atoms with Gasteiger partial charge in [0.1, 0.15) is 12.1 Å². The summed E-state index contributed by atoms with van der Waals surface area (Å²) in [5.74, 6) is -0.246. The van der Waals surface area contributed by atoms with Crippen molar-refractivity contribution in [2.45, 2.75) is 36.8 Å². The number of aryl methyl sites for hydroxylation is 1. The number of benzene rings is 1. The highest BCUT2D eigenvalue weighted by molar-refractivity contribution is 7.99. The molecule has 0 fully saturated rings. The highest BCUT2D eigenvalue weighted by Gasteiger charge is 2.22. The standard InChI is InChI=1S/C14H17FN2OS/c1-3-12(16)13(10-4-6-11(15)7-5-10)19-14-17-9(2)8-18-14/h4-8,12-13H,3,16H2,1-2H3. The van der Waals surface area contributed by atoms with Crippen LogP contribution >= 0.6 is 11.8 Å². The predicted molar refractivity (Wildman–Crippen MR) is 74.5 cm³/mol. The lowest BCUT2D eigenvalue weighted by atomic mass is 10.0. The zero-order chi connectivity index (χ0) is 13.8. The van der Waals surface area contributed by atoms with Crippen LogP contribution in [0.25, 0.3) is 0 Å². The van der Waals surface area contributed by atoms with E-state index in [-0.39, 0.29) is 17.1 Å². The minimum Gasteiger partial charge on any atom is -0.440 e. The molecule has 0 spiro atoms. The first-order valence-electron chi connectivity index (χ1n) is 6.20. The van der Waals surface area contributed by atoms with Crippen molar-refractivity contribution in [1.29, 1.82) is 0 Å². The number of oxazole rings is 1. The van der Waals surface area contributed by atoms with Gasteiger partial charge in [-0.25, -0.2) is 9.37 Å². The van der Waals surface area contributed by atoms with Gasteiger partial charge in [0.15, 0.2) is 0 Å². The SMILES string of the molecule is CCC(N)C(Sc1nc(C)co1)c1ccc(F)cc1. The van der Waals surface area contributed by atoms with Gasteiger partial charge in [0.25, 0.3) is 5.22 Å². The van der Waals surface area contributed by atoms with Gasteiger partial charge >= 0.3 is 0 Å². The summed E-state index contributed by atoms with van der Waals surface area (Å²) < 4.78 is 18.4. The van der Waals surface area contributed by atoms with E-state index in [1.54, 1.807) is 18.4 Å². The van der Waals surface area contributed by atoms with Gasteiger partial charge in [0.05, 0.1) is 10.9 Å². The second kappa shape index (κ2) is 6.21. The maximum absolute atomic E-state index is 13.0. The Kier molecular flexibility index (Phi) is 4.61. The molecule has 102 valence electrons. The number of halogens is 1. The molecule has 0 amide bonds. The molecule has 0 aliphatic rings. The van der Waals surface area contributed by atoms with Gasteiger partial charge in [-0.1, -0.05) is 30.8 Å². The topological polar surface area (TPSA) is 52.0 Å². The summed E-state index contributed by atoms with van der Waals surface area (Å²) in [6.07, 6.45) is 2.44. The number of nitrogens with two attached hydrogens (primary N) is 1. The summed E-state index contributed by atoms with van der Waals surface area (Å²) in [4.78, 5) is 4.28. The van der Waals surface area contributed by atoms with Crippen LogP contribution in [0.15, 0.2) is 40.2 Å². The van der Waals surface area contributed by atoms with Crippen LogP contribution in [0.1, 0.15) is 29.9 Å². The molecule has 1 aromatic carbocycles. The van der Waals surface area contributed by atoms with E-state index < -0.39 is 0 Å². The molecule has 0 bridgehead atoms. The van der Waals surface area contributed by atoms with Gasteiger partial charge in [-0.05, 0) is 31.0 Å². The summed E-state index contributed by atoms with van der Waals surface area (Å²) in [5, 5.41) is 0.597. The molecule has 1 aromatic heterocycles. The zero-order valence-corrected chi connectivity index (χ0v) is 11.8. The van der Waals surface area contributed by atoms with Crippen LogP contribution in [0, 0.1) is 12.7 Å². The first-order valence-corrected chi connectivity index (χ1v) is 7.08. The van der Waals surface area contributed by atoms with E-state index in [0.717, 1.165) is 17.7 Å². The molecule has 3 nitrogen and oxygen atoms in total. The van der Waals surface area contributed by atoms with Crippen LogP contribution in [-0.2, 0) is 0 Å². The Bertz CT molecular complexity index is 526. The molecule has 0 aliphatic carbocycles. The van der Waals surface area contributed by atoms with Gasteiger partial charge in [-0.15, -0.1) is 0 Å². The lowest BCUT2D eigenvalue weighted by molar-refractivity contribution is 0.451. The number of nitrogens with zero attached hydrogens (tertiary/aromatic N) is 1. The molecule has 1 heterocycles. The quantitative estimate of drug-likeness (QED) is 0.849. The molecule has 19 heavy (non-hydrogen) atoms. The van der Waals surface area contributed by atoms with Gasteiger partial charge < -0.3 is 10.2 Å². The normalized spacial score (nSPS) is 14.3. The van der Waals surface area contributed by atoms with Crippen molar-refractivity contribution < 1.29 is 8.81 Å². The monoisotopic (exact) mass is 280 g/mol. The summed E-state index contributed by atoms with van der Waals surface area (Å²) in [5.41, 5.74) is 7.98. The van der Waals surface area contributed by atoms with Gasteiger partial charge in [0.2, 0.25) is 0 Å². The fourth-order valence-electron chi connectivity index (χ4n) is 1.76. The Morgan fingerprint density at radius 2 is 2.05 bits per heavy atom. The van der Waals surface area contributed by atoms with E-state index in [2.05, 4.69) is 4.98 Å². The smallest absolute Gasteiger partial charge is 0.256 e. The highest BCUT2D eigenvalue weighted by Crippen LogP contribution is 2.37. The Morgan fingerprint density at radius 3 is 2.58 bits per heavy atom. The highest BCUT2D eigenvalue weighted by atomic mass is 32.2. The van der Waals surface area contributed by atoms with E-state index >= 15 is 0 Å². The van der Waals surface area contributed by atoms with Gasteiger partial charge in [0, 0.05) is 6.04 Å². The fraction of sp³-hybridized carbons (Fsp3) is 0.357. The molecule has 0 saturated carbocycles. The van der Waals surface area contributed by atoms with E-state index in [0.29, 0.717) is 5.22 Å². The van der Waals surface area contributed by atoms with Crippen LogP contribution in [0.2, 0.25) is 0 Å². The summed E-state index contributed by atoms with van der Waals surface area (Å²) in [6.45, 7) is 3.91. The van der Waals surface area contributed by atoms with E-state index in [9.17, 15) is 4.39 Å². The van der Waals surface area contributed by atoms with Crippen LogP contribution < -0.4 is 5.73 Å². The largest absolute Gasteiger partial charge is 0.440 e. The molecule has 2 unspecified atom stereocenters. The third-order valence-corrected chi connectivity index (χ3v) is 4.15. The van der Waals surface area contributed by atoms with Crippen molar-refractivity contribution >= 4 is 11.8 Å². The second-order valence-corrected chi connectivity index (χ2v) is 5.51. The van der Waals surface area contributed by atoms with Gasteiger partial charge in [-0.3, -0.25) is 0 Å². The minimum atomic E-state index is -0.246. The molecule has 5 heteroatoms. The lowest BCUT2D eigenvalue weighted by Gasteiger charge is -2.21. The molecule has 2 rings (SSSR count). The average molecular weight is 280 g/mol. The molecule has 2 aromatic rings. The molecule has 0 radical (unpaired) electrons. The second-order valence-electron chi connectivity index (χ2n) is 4.42. The van der Waals surface area contributed by atoms with Crippen molar-refractivity contribution in [3.8, 4) is 0 Å². The number of hydrogen-bond acceptors (Lipinski definition) is 4. The lowest BCUT2D eigenvalue weighted by Crippen LogP contribution is -2.25. The van der Waals surface area contributed by atoms with Crippen LogP contribution in [0.4, 0.5) is 4.39 Å². The Hall–Kier alpha value is -1.33.